The van der Waals surface area contributed by atoms with Crippen LogP contribution in [0, 0.1) is 0 Å². The SMILES string of the molecule is Nc1cc(C(c2ccccc2)c2ccccc2)no1. The van der Waals surface area contributed by atoms with Crippen LogP contribution in [0.3, 0.4) is 0 Å². The van der Waals surface area contributed by atoms with Crippen molar-refractivity contribution in [1.29, 1.82) is 0 Å². The smallest absolute Gasteiger partial charge is 0.222 e. The molecule has 1 heterocycles. The van der Waals surface area contributed by atoms with E-state index in [-0.39, 0.29) is 5.92 Å². The standard InChI is InChI=1S/C16H14N2O/c17-15-11-14(18-19-15)16(12-7-3-1-4-8-12)13-9-5-2-6-10-13/h1-11,16H,17H2. The first-order valence-electron chi connectivity index (χ1n) is 6.16. The lowest BCUT2D eigenvalue weighted by atomic mass is 9.89. The van der Waals surface area contributed by atoms with Crippen molar-refractivity contribution in [3.8, 4) is 0 Å². The number of anilines is 1. The van der Waals surface area contributed by atoms with Crippen molar-refractivity contribution < 1.29 is 4.52 Å². The second-order valence-electron chi connectivity index (χ2n) is 4.41. The minimum Gasteiger partial charge on any atom is -0.368 e. The summed E-state index contributed by atoms with van der Waals surface area (Å²) in [5, 5.41) is 4.07. The van der Waals surface area contributed by atoms with Gasteiger partial charge in [0.15, 0.2) is 0 Å². The molecule has 0 bridgehead atoms. The lowest BCUT2D eigenvalue weighted by Crippen LogP contribution is -2.03. The molecule has 3 rings (SSSR count). The predicted molar refractivity (Wildman–Crippen MR) is 74.7 cm³/mol. The van der Waals surface area contributed by atoms with Gasteiger partial charge in [-0.05, 0) is 11.1 Å². The third-order valence-corrected chi connectivity index (χ3v) is 3.11. The van der Waals surface area contributed by atoms with Crippen molar-refractivity contribution in [2.45, 2.75) is 5.92 Å². The molecule has 0 aliphatic carbocycles. The van der Waals surface area contributed by atoms with Crippen LogP contribution >= 0.6 is 0 Å². The molecule has 0 radical (unpaired) electrons. The molecular formula is C16H14N2O. The Bertz CT molecular complexity index is 607. The van der Waals surface area contributed by atoms with Gasteiger partial charge in [0.05, 0.1) is 11.6 Å². The largest absolute Gasteiger partial charge is 0.368 e. The summed E-state index contributed by atoms with van der Waals surface area (Å²) in [6.07, 6.45) is 0. The van der Waals surface area contributed by atoms with Gasteiger partial charge in [-0.15, -0.1) is 0 Å². The van der Waals surface area contributed by atoms with Crippen molar-refractivity contribution in [3.63, 3.8) is 0 Å². The fraction of sp³-hybridized carbons (Fsp3) is 0.0625. The average molecular weight is 250 g/mol. The summed E-state index contributed by atoms with van der Waals surface area (Å²) in [6, 6.07) is 22.2. The number of rotatable bonds is 3. The predicted octanol–water partition coefficient (Wildman–Crippen LogP) is 3.44. The van der Waals surface area contributed by atoms with Crippen molar-refractivity contribution in [3.05, 3.63) is 83.6 Å². The fourth-order valence-corrected chi connectivity index (χ4v) is 2.26. The maximum atomic E-state index is 5.64. The fourth-order valence-electron chi connectivity index (χ4n) is 2.26. The Labute approximate surface area is 111 Å². The van der Waals surface area contributed by atoms with Gasteiger partial charge in [-0.3, -0.25) is 0 Å². The molecule has 2 aromatic carbocycles. The van der Waals surface area contributed by atoms with Gasteiger partial charge in [0.25, 0.3) is 0 Å². The Morgan fingerprint density at radius 1 is 0.842 bits per heavy atom. The Hall–Kier alpha value is -2.55. The molecule has 3 nitrogen and oxygen atoms in total. The van der Waals surface area contributed by atoms with Crippen LogP contribution in [0.5, 0.6) is 0 Å². The molecule has 94 valence electrons. The molecule has 0 aliphatic heterocycles. The molecule has 0 atom stereocenters. The Balaban J connectivity index is 2.11. The molecular weight excluding hydrogens is 236 g/mol. The molecule has 1 aromatic heterocycles. The first kappa shape index (κ1) is 11.5. The number of benzene rings is 2. The maximum absolute atomic E-state index is 5.64. The quantitative estimate of drug-likeness (QED) is 0.774. The summed E-state index contributed by atoms with van der Waals surface area (Å²) < 4.78 is 5.02. The van der Waals surface area contributed by atoms with E-state index in [1.54, 1.807) is 6.07 Å². The average Bonchev–Trinajstić information content (AvgIpc) is 2.88. The van der Waals surface area contributed by atoms with Crippen molar-refractivity contribution >= 4 is 5.88 Å². The zero-order valence-corrected chi connectivity index (χ0v) is 10.4. The zero-order valence-electron chi connectivity index (χ0n) is 10.4. The minimum atomic E-state index is 0.0449. The number of hydrogen-bond donors (Lipinski definition) is 1. The van der Waals surface area contributed by atoms with E-state index < -0.39 is 0 Å². The van der Waals surface area contributed by atoms with Gasteiger partial charge in [0.1, 0.15) is 0 Å². The van der Waals surface area contributed by atoms with Gasteiger partial charge in [0, 0.05) is 6.07 Å². The van der Waals surface area contributed by atoms with Crippen LogP contribution in [0.4, 0.5) is 5.88 Å². The lowest BCUT2D eigenvalue weighted by molar-refractivity contribution is 0.426. The van der Waals surface area contributed by atoms with Crippen LogP contribution in [-0.4, -0.2) is 5.16 Å². The molecule has 0 fully saturated rings. The van der Waals surface area contributed by atoms with E-state index in [1.807, 2.05) is 36.4 Å². The number of nitrogen functional groups attached to an aromatic ring is 1. The van der Waals surface area contributed by atoms with Crippen LogP contribution in [0.25, 0.3) is 0 Å². The summed E-state index contributed by atoms with van der Waals surface area (Å²) in [6.45, 7) is 0. The lowest BCUT2D eigenvalue weighted by Gasteiger charge is -2.15. The highest BCUT2D eigenvalue weighted by molar-refractivity contribution is 5.42. The highest BCUT2D eigenvalue weighted by Crippen LogP contribution is 2.31. The molecule has 2 N–H and O–H groups in total. The van der Waals surface area contributed by atoms with Crippen LogP contribution in [0.15, 0.2) is 71.3 Å². The molecule has 19 heavy (non-hydrogen) atoms. The monoisotopic (exact) mass is 250 g/mol. The van der Waals surface area contributed by atoms with E-state index in [0.717, 1.165) is 5.69 Å². The van der Waals surface area contributed by atoms with Crippen molar-refractivity contribution in [1.82, 2.24) is 5.16 Å². The van der Waals surface area contributed by atoms with Crippen LogP contribution < -0.4 is 5.73 Å². The van der Waals surface area contributed by atoms with E-state index in [2.05, 4.69) is 29.4 Å². The second kappa shape index (κ2) is 4.98. The summed E-state index contributed by atoms with van der Waals surface area (Å²) in [4.78, 5) is 0. The summed E-state index contributed by atoms with van der Waals surface area (Å²) in [5.74, 6) is 0.385. The molecule has 0 aliphatic rings. The van der Waals surface area contributed by atoms with Gasteiger partial charge in [0.2, 0.25) is 5.88 Å². The topological polar surface area (TPSA) is 52.0 Å². The molecule has 3 aromatic rings. The molecule has 0 saturated carbocycles. The van der Waals surface area contributed by atoms with E-state index in [9.17, 15) is 0 Å². The van der Waals surface area contributed by atoms with E-state index in [0.29, 0.717) is 5.88 Å². The van der Waals surface area contributed by atoms with E-state index in [4.69, 9.17) is 10.3 Å². The van der Waals surface area contributed by atoms with Gasteiger partial charge >= 0.3 is 0 Å². The number of nitrogens with two attached hydrogens (primary N) is 1. The number of nitrogens with zero attached hydrogens (tertiary/aromatic N) is 1. The van der Waals surface area contributed by atoms with Crippen molar-refractivity contribution in [2.75, 3.05) is 5.73 Å². The van der Waals surface area contributed by atoms with Gasteiger partial charge < -0.3 is 10.3 Å². The van der Waals surface area contributed by atoms with Gasteiger partial charge in [-0.1, -0.05) is 65.8 Å². The first-order valence-corrected chi connectivity index (χ1v) is 6.16. The highest BCUT2D eigenvalue weighted by Gasteiger charge is 2.19. The van der Waals surface area contributed by atoms with Crippen LogP contribution in [0.1, 0.15) is 22.7 Å². The summed E-state index contributed by atoms with van der Waals surface area (Å²) >= 11 is 0. The van der Waals surface area contributed by atoms with Crippen LogP contribution in [0.2, 0.25) is 0 Å². The molecule has 0 saturated heterocycles. The normalized spacial score (nSPS) is 10.8. The Morgan fingerprint density at radius 3 is 1.79 bits per heavy atom. The second-order valence-corrected chi connectivity index (χ2v) is 4.41. The first-order chi connectivity index (χ1) is 9.34. The Kier molecular flexibility index (Phi) is 3.02. The number of aromatic nitrogens is 1. The van der Waals surface area contributed by atoms with Crippen molar-refractivity contribution in [2.24, 2.45) is 0 Å². The molecule has 0 spiro atoms. The van der Waals surface area contributed by atoms with E-state index in [1.165, 1.54) is 11.1 Å². The van der Waals surface area contributed by atoms with Gasteiger partial charge in [-0.25, -0.2) is 0 Å². The molecule has 3 heteroatoms. The third-order valence-electron chi connectivity index (χ3n) is 3.11. The highest BCUT2D eigenvalue weighted by atomic mass is 16.5. The van der Waals surface area contributed by atoms with Gasteiger partial charge in [-0.2, -0.15) is 0 Å². The van der Waals surface area contributed by atoms with Crippen LogP contribution in [-0.2, 0) is 0 Å². The third kappa shape index (κ3) is 2.36. The summed E-state index contributed by atoms with van der Waals surface area (Å²) in [5.41, 5.74) is 8.81. The number of hydrogen-bond acceptors (Lipinski definition) is 3. The van der Waals surface area contributed by atoms with E-state index >= 15 is 0 Å². The Morgan fingerprint density at radius 2 is 1.37 bits per heavy atom. The molecule has 0 unspecified atom stereocenters. The molecule has 0 amide bonds. The maximum Gasteiger partial charge on any atom is 0.222 e. The zero-order chi connectivity index (χ0) is 13.1. The summed E-state index contributed by atoms with van der Waals surface area (Å²) in [7, 11) is 0. The minimum absolute atomic E-state index is 0.0449.